The van der Waals surface area contributed by atoms with Crippen LogP contribution in [-0.2, 0) is 19.1 Å². The van der Waals surface area contributed by atoms with E-state index in [0.717, 1.165) is 28.7 Å². The van der Waals surface area contributed by atoms with Crippen LogP contribution in [0.15, 0.2) is 66.7 Å². The molecule has 1 amide bonds. The molecule has 3 aromatic carbocycles. The largest absolute Gasteiger partial charge is 0.416 e. The molecule has 0 fully saturated rings. The first-order valence-corrected chi connectivity index (χ1v) is 10.3. The summed E-state index contributed by atoms with van der Waals surface area (Å²) in [7, 11) is 0. The lowest BCUT2D eigenvalue weighted by Gasteiger charge is -2.30. The smallest absolute Gasteiger partial charge is 0.308 e. The Kier molecular flexibility index (Phi) is 4.92. The fraction of sp³-hybridized carbons (Fsp3) is 0.208. The normalized spacial score (nSPS) is 13.9. The van der Waals surface area contributed by atoms with Crippen LogP contribution in [0.3, 0.4) is 0 Å². The van der Waals surface area contributed by atoms with Gasteiger partial charge in [0.1, 0.15) is 5.52 Å². The van der Waals surface area contributed by atoms with E-state index in [1.165, 1.54) is 6.07 Å². The van der Waals surface area contributed by atoms with Gasteiger partial charge in [0.05, 0.1) is 17.6 Å². The zero-order chi connectivity index (χ0) is 22.3. The third-order valence-electron chi connectivity index (χ3n) is 5.72. The molecule has 32 heavy (non-hydrogen) atoms. The van der Waals surface area contributed by atoms with Crippen LogP contribution in [0.5, 0.6) is 0 Å². The molecular formula is C24H19F3N4O. The third kappa shape index (κ3) is 3.72. The molecule has 0 unspecified atom stereocenters. The summed E-state index contributed by atoms with van der Waals surface area (Å²) in [5.74, 6) is -0.219. The molecule has 1 aliphatic rings. The number of anilines is 1. The van der Waals surface area contributed by atoms with Crippen LogP contribution in [0.4, 0.5) is 18.9 Å². The number of aryl methyl sites for hydroxylation is 1. The predicted molar refractivity (Wildman–Crippen MR) is 115 cm³/mol. The van der Waals surface area contributed by atoms with Crippen LogP contribution in [-0.4, -0.2) is 27.4 Å². The van der Waals surface area contributed by atoms with Crippen molar-refractivity contribution in [3.63, 3.8) is 0 Å². The maximum Gasteiger partial charge on any atom is 0.416 e. The Labute approximate surface area is 182 Å². The van der Waals surface area contributed by atoms with Gasteiger partial charge >= 0.3 is 6.18 Å². The molecule has 4 aromatic rings. The summed E-state index contributed by atoms with van der Waals surface area (Å²) in [6.07, 6.45) is -3.25. The molecule has 1 aliphatic heterocycles. The number of carbonyl (C=O) groups is 1. The number of fused-ring (bicyclic) bond motifs is 2. The van der Waals surface area contributed by atoms with Crippen molar-refractivity contribution in [2.45, 2.75) is 25.6 Å². The molecule has 162 valence electrons. The van der Waals surface area contributed by atoms with Gasteiger partial charge in [0.15, 0.2) is 0 Å². The number of hydrogen-bond acceptors (Lipinski definition) is 3. The van der Waals surface area contributed by atoms with Crippen LogP contribution in [0.25, 0.3) is 11.0 Å². The molecule has 0 spiro atoms. The van der Waals surface area contributed by atoms with E-state index in [1.54, 1.807) is 21.7 Å². The number of benzene rings is 3. The lowest BCUT2D eigenvalue weighted by Crippen LogP contribution is -2.35. The fourth-order valence-electron chi connectivity index (χ4n) is 4.10. The topological polar surface area (TPSA) is 51.0 Å². The quantitative estimate of drug-likeness (QED) is 0.450. The lowest BCUT2D eigenvalue weighted by atomic mass is 9.98. The molecule has 0 N–H and O–H groups in total. The number of rotatable bonds is 3. The SMILES string of the molecule is O=C(c1ccc(Cn2nnc3ccccc32)cc1)N1CCCc2cc(C(F)(F)F)ccc21. The second-order valence-electron chi connectivity index (χ2n) is 7.83. The van der Waals surface area contributed by atoms with Crippen molar-refractivity contribution in [1.82, 2.24) is 15.0 Å². The Hall–Kier alpha value is -3.68. The zero-order valence-electron chi connectivity index (χ0n) is 17.0. The predicted octanol–water partition coefficient (Wildman–Crippen LogP) is 5.09. The number of halogens is 3. The van der Waals surface area contributed by atoms with Crippen molar-refractivity contribution in [3.05, 3.63) is 89.0 Å². The zero-order valence-corrected chi connectivity index (χ0v) is 17.0. The van der Waals surface area contributed by atoms with Gasteiger partial charge in [-0.25, -0.2) is 4.68 Å². The minimum atomic E-state index is -4.40. The standard InChI is InChI=1S/C24H19F3N4O/c25-24(26,27)19-11-12-21-18(14-19)4-3-13-30(21)23(32)17-9-7-16(8-10-17)15-31-22-6-2-1-5-20(22)28-29-31/h1-2,5-12,14H,3-4,13,15H2. The third-order valence-corrected chi connectivity index (χ3v) is 5.72. The Morgan fingerprint density at radius 1 is 1.00 bits per heavy atom. The van der Waals surface area contributed by atoms with Gasteiger partial charge in [0.25, 0.3) is 5.91 Å². The Morgan fingerprint density at radius 2 is 1.78 bits per heavy atom. The lowest BCUT2D eigenvalue weighted by molar-refractivity contribution is -0.137. The monoisotopic (exact) mass is 436 g/mol. The summed E-state index contributed by atoms with van der Waals surface area (Å²) in [5, 5.41) is 8.33. The van der Waals surface area contributed by atoms with E-state index < -0.39 is 11.7 Å². The maximum atomic E-state index is 13.1. The molecule has 1 aromatic heterocycles. The highest BCUT2D eigenvalue weighted by atomic mass is 19.4. The molecule has 0 saturated heterocycles. The molecule has 0 aliphatic carbocycles. The van der Waals surface area contributed by atoms with Crippen molar-refractivity contribution in [2.24, 2.45) is 0 Å². The first-order chi connectivity index (χ1) is 15.4. The van der Waals surface area contributed by atoms with Crippen molar-refractivity contribution in [2.75, 3.05) is 11.4 Å². The number of hydrogen-bond donors (Lipinski definition) is 0. The van der Waals surface area contributed by atoms with E-state index >= 15 is 0 Å². The highest BCUT2D eigenvalue weighted by Crippen LogP contribution is 2.35. The van der Waals surface area contributed by atoms with Crippen LogP contribution >= 0.6 is 0 Å². The fourth-order valence-corrected chi connectivity index (χ4v) is 4.10. The molecule has 5 nitrogen and oxygen atoms in total. The number of carbonyl (C=O) groups excluding carboxylic acids is 1. The summed E-state index contributed by atoms with van der Waals surface area (Å²) >= 11 is 0. The van der Waals surface area contributed by atoms with Gasteiger partial charge < -0.3 is 4.90 Å². The van der Waals surface area contributed by atoms with Crippen molar-refractivity contribution in [3.8, 4) is 0 Å². The summed E-state index contributed by atoms with van der Waals surface area (Å²) < 4.78 is 40.9. The van der Waals surface area contributed by atoms with Crippen molar-refractivity contribution >= 4 is 22.6 Å². The molecular weight excluding hydrogens is 417 g/mol. The van der Waals surface area contributed by atoms with Crippen LogP contribution in [0.1, 0.15) is 33.5 Å². The van der Waals surface area contributed by atoms with Gasteiger partial charge in [-0.2, -0.15) is 13.2 Å². The number of aromatic nitrogens is 3. The summed E-state index contributed by atoms with van der Waals surface area (Å²) in [6, 6.07) is 18.5. The number of amides is 1. The average Bonchev–Trinajstić information content (AvgIpc) is 3.20. The maximum absolute atomic E-state index is 13.1. The first kappa shape index (κ1) is 20.2. The van der Waals surface area contributed by atoms with E-state index in [0.29, 0.717) is 42.7 Å². The summed E-state index contributed by atoms with van der Waals surface area (Å²) in [5.41, 5.74) is 3.61. The first-order valence-electron chi connectivity index (χ1n) is 10.3. The highest BCUT2D eigenvalue weighted by Gasteiger charge is 2.32. The number of alkyl halides is 3. The second kappa shape index (κ2) is 7.78. The van der Waals surface area contributed by atoms with Gasteiger partial charge in [-0.1, -0.05) is 29.5 Å². The highest BCUT2D eigenvalue weighted by molar-refractivity contribution is 6.06. The Bertz CT molecular complexity index is 1290. The minimum Gasteiger partial charge on any atom is -0.308 e. The number of nitrogens with zero attached hydrogens (tertiary/aromatic N) is 4. The van der Waals surface area contributed by atoms with Gasteiger partial charge in [0, 0.05) is 17.8 Å². The van der Waals surface area contributed by atoms with E-state index in [9.17, 15) is 18.0 Å². The average molecular weight is 436 g/mol. The second-order valence-corrected chi connectivity index (χ2v) is 7.83. The molecule has 8 heteroatoms. The van der Waals surface area contributed by atoms with Gasteiger partial charge in [-0.3, -0.25) is 4.79 Å². The van der Waals surface area contributed by atoms with Crippen molar-refractivity contribution in [1.29, 1.82) is 0 Å². The molecule has 0 bridgehead atoms. The number of para-hydroxylation sites is 1. The molecule has 0 atom stereocenters. The minimum absolute atomic E-state index is 0.219. The van der Waals surface area contributed by atoms with Gasteiger partial charge in [-0.15, -0.1) is 5.10 Å². The summed E-state index contributed by atoms with van der Waals surface area (Å²) in [6.45, 7) is 0.992. The molecule has 0 radical (unpaired) electrons. The molecule has 0 saturated carbocycles. The van der Waals surface area contributed by atoms with E-state index in [4.69, 9.17) is 0 Å². The Morgan fingerprint density at radius 3 is 2.56 bits per heavy atom. The molecule has 5 rings (SSSR count). The molecule has 2 heterocycles. The van der Waals surface area contributed by atoms with E-state index in [1.807, 2.05) is 36.4 Å². The van der Waals surface area contributed by atoms with Gasteiger partial charge in [-0.05, 0) is 66.4 Å². The van der Waals surface area contributed by atoms with E-state index in [-0.39, 0.29) is 5.91 Å². The summed E-state index contributed by atoms with van der Waals surface area (Å²) in [4.78, 5) is 14.7. The van der Waals surface area contributed by atoms with Gasteiger partial charge in [0.2, 0.25) is 0 Å². The van der Waals surface area contributed by atoms with Crippen molar-refractivity contribution < 1.29 is 18.0 Å². The van der Waals surface area contributed by atoms with E-state index in [2.05, 4.69) is 10.3 Å². The van der Waals surface area contributed by atoms with Crippen LogP contribution in [0, 0.1) is 0 Å². The van der Waals surface area contributed by atoms with Crippen LogP contribution < -0.4 is 4.90 Å². The van der Waals surface area contributed by atoms with Crippen LogP contribution in [0.2, 0.25) is 0 Å². The Balaban J connectivity index is 1.36.